The first-order valence-electron chi connectivity index (χ1n) is 7.47. The maximum absolute atomic E-state index is 4.64. The lowest BCUT2D eigenvalue weighted by molar-refractivity contribution is 1.07. The number of hydrogen-bond donors (Lipinski definition) is 0. The van der Waals surface area contributed by atoms with Crippen LogP contribution in [0.3, 0.4) is 0 Å². The molecular weight excluding hydrogens is 270 g/mol. The quantitative estimate of drug-likeness (QED) is 0.658. The zero-order chi connectivity index (χ0) is 14.1. The Hall–Kier alpha value is -2.19. The first-order valence-corrected chi connectivity index (χ1v) is 9.67. The largest absolute Gasteiger partial charge is 0.261 e. The van der Waals surface area contributed by atoms with Crippen molar-refractivity contribution in [2.45, 2.75) is 12.5 Å². The van der Waals surface area contributed by atoms with Crippen LogP contribution in [0.5, 0.6) is 0 Å². The monoisotopic (exact) mass is 287 g/mol. The Labute approximate surface area is 126 Å². The lowest BCUT2D eigenvalue weighted by Crippen LogP contribution is -2.65. The molecule has 4 rings (SSSR count). The van der Waals surface area contributed by atoms with Gasteiger partial charge in [0.1, 0.15) is 0 Å². The van der Waals surface area contributed by atoms with Crippen LogP contribution in [0.4, 0.5) is 0 Å². The van der Waals surface area contributed by atoms with Gasteiger partial charge < -0.3 is 0 Å². The molecule has 0 saturated carbocycles. The van der Waals surface area contributed by atoms with E-state index in [4.69, 9.17) is 0 Å². The Balaban J connectivity index is 2.02. The van der Waals surface area contributed by atoms with Crippen LogP contribution in [-0.4, -0.2) is 13.1 Å². The molecule has 0 radical (unpaired) electrons. The van der Waals surface area contributed by atoms with E-state index in [0.29, 0.717) is 0 Å². The molecule has 0 spiro atoms. The zero-order valence-electron chi connectivity index (χ0n) is 11.9. The second-order valence-corrected chi connectivity index (χ2v) is 9.64. The normalized spacial score (nSPS) is 15.6. The molecule has 1 nitrogen and oxygen atoms in total. The van der Waals surface area contributed by atoms with Crippen molar-refractivity contribution in [1.29, 1.82) is 0 Å². The van der Waals surface area contributed by atoms with Gasteiger partial charge in [0.25, 0.3) is 0 Å². The fraction of sp³-hybridized carbons (Fsp3) is 0.105. The van der Waals surface area contributed by atoms with Crippen LogP contribution in [0, 0.1) is 0 Å². The third kappa shape index (κ3) is 1.87. The molecule has 1 aliphatic rings. The van der Waals surface area contributed by atoms with E-state index < -0.39 is 8.07 Å². The topological polar surface area (TPSA) is 12.9 Å². The summed E-state index contributed by atoms with van der Waals surface area (Å²) in [7, 11) is -1.87. The van der Waals surface area contributed by atoms with Crippen molar-refractivity contribution in [1.82, 2.24) is 4.98 Å². The lowest BCUT2D eigenvalue weighted by Gasteiger charge is -2.29. The molecule has 0 atom stereocenters. The fourth-order valence-electron chi connectivity index (χ4n) is 3.68. The molecule has 1 aromatic heterocycles. The molecule has 2 aromatic carbocycles. The van der Waals surface area contributed by atoms with Gasteiger partial charge in [-0.15, -0.1) is 0 Å². The number of pyridine rings is 1. The minimum atomic E-state index is -1.87. The van der Waals surface area contributed by atoms with Crippen molar-refractivity contribution >= 4 is 23.6 Å². The Bertz CT molecular complexity index is 713. The lowest BCUT2D eigenvalue weighted by atomic mass is 10.3. The third-order valence-corrected chi connectivity index (χ3v) is 9.63. The zero-order valence-corrected chi connectivity index (χ0v) is 12.9. The summed E-state index contributed by atoms with van der Waals surface area (Å²) >= 11 is 0. The van der Waals surface area contributed by atoms with Crippen molar-refractivity contribution in [2.24, 2.45) is 0 Å². The van der Waals surface area contributed by atoms with Gasteiger partial charge in [0, 0.05) is 11.9 Å². The molecular formula is C19H17NSi. The van der Waals surface area contributed by atoms with Crippen molar-refractivity contribution < 1.29 is 0 Å². The number of aromatic nitrogens is 1. The first-order chi connectivity index (χ1) is 10.4. The fourth-order valence-corrected chi connectivity index (χ4v) is 8.68. The molecule has 0 fully saturated rings. The van der Waals surface area contributed by atoms with E-state index in [1.807, 2.05) is 6.20 Å². The Morgan fingerprint density at radius 3 is 1.95 bits per heavy atom. The molecule has 1 aliphatic heterocycles. The number of nitrogens with zero attached hydrogens (tertiary/aromatic N) is 1. The van der Waals surface area contributed by atoms with Gasteiger partial charge in [-0.3, -0.25) is 4.98 Å². The van der Waals surface area contributed by atoms with Gasteiger partial charge in [-0.05, 0) is 34.1 Å². The molecule has 21 heavy (non-hydrogen) atoms. The molecule has 3 aromatic rings. The summed E-state index contributed by atoms with van der Waals surface area (Å²) in [5.74, 6) is 0. The van der Waals surface area contributed by atoms with E-state index in [-0.39, 0.29) is 0 Å². The van der Waals surface area contributed by atoms with E-state index in [2.05, 4.69) is 77.8 Å². The van der Waals surface area contributed by atoms with Crippen LogP contribution in [-0.2, 0) is 6.42 Å². The van der Waals surface area contributed by atoms with Crippen molar-refractivity contribution in [3.63, 3.8) is 0 Å². The average molecular weight is 287 g/mol. The molecule has 102 valence electrons. The molecule has 0 bridgehead atoms. The predicted octanol–water partition coefficient (Wildman–Crippen LogP) is 2.11. The van der Waals surface area contributed by atoms with Crippen molar-refractivity contribution in [3.05, 3.63) is 84.7 Å². The highest BCUT2D eigenvalue weighted by atomic mass is 28.3. The second kappa shape index (κ2) is 4.97. The Morgan fingerprint density at radius 1 is 0.714 bits per heavy atom. The minimum absolute atomic E-state index is 1.10. The van der Waals surface area contributed by atoms with Crippen LogP contribution in [0.1, 0.15) is 5.69 Å². The molecule has 0 unspecified atom stereocenters. The van der Waals surface area contributed by atoms with Gasteiger partial charge in [0.2, 0.25) is 0 Å². The highest BCUT2D eigenvalue weighted by molar-refractivity contribution is 7.12. The molecule has 0 amide bonds. The van der Waals surface area contributed by atoms with Gasteiger partial charge in [0.15, 0.2) is 8.07 Å². The molecule has 0 N–H and O–H groups in total. The number of aryl methyl sites for hydroxylation is 1. The number of hydrogen-bond acceptors (Lipinski definition) is 1. The maximum atomic E-state index is 4.64. The summed E-state index contributed by atoms with van der Waals surface area (Å²) in [6, 6.07) is 27.7. The third-order valence-electron chi connectivity index (χ3n) is 4.62. The van der Waals surface area contributed by atoms with Gasteiger partial charge in [-0.25, -0.2) is 0 Å². The number of benzene rings is 2. The highest BCUT2D eigenvalue weighted by Gasteiger charge is 2.44. The Morgan fingerprint density at radius 2 is 1.33 bits per heavy atom. The Kier molecular flexibility index (Phi) is 2.97. The summed E-state index contributed by atoms with van der Waals surface area (Å²) in [4.78, 5) is 4.64. The predicted molar refractivity (Wildman–Crippen MR) is 90.3 cm³/mol. The van der Waals surface area contributed by atoms with Crippen molar-refractivity contribution in [2.75, 3.05) is 0 Å². The number of rotatable bonds is 2. The first kappa shape index (κ1) is 12.5. The summed E-state index contributed by atoms with van der Waals surface area (Å²) in [6.45, 7) is 0. The van der Waals surface area contributed by atoms with Crippen LogP contribution >= 0.6 is 0 Å². The highest BCUT2D eigenvalue weighted by Crippen LogP contribution is 2.22. The SMILES string of the molecule is c1ccc([Si]2(c3ccccc3)CCc3ncccc32)cc1. The molecule has 2 heterocycles. The number of fused-ring (bicyclic) bond motifs is 1. The van der Waals surface area contributed by atoms with E-state index >= 15 is 0 Å². The molecule has 2 heteroatoms. The average Bonchev–Trinajstić information content (AvgIpc) is 2.97. The minimum Gasteiger partial charge on any atom is -0.261 e. The molecule has 0 aliphatic carbocycles. The summed E-state index contributed by atoms with van der Waals surface area (Å²) in [5, 5.41) is 4.51. The van der Waals surface area contributed by atoms with Gasteiger partial charge >= 0.3 is 0 Å². The smallest absolute Gasteiger partial charge is 0.151 e. The molecule has 0 saturated heterocycles. The van der Waals surface area contributed by atoms with E-state index in [0.717, 1.165) is 6.42 Å². The van der Waals surface area contributed by atoms with Crippen LogP contribution in [0.25, 0.3) is 0 Å². The maximum Gasteiger partial charge on any atom is 0.151 e. The second-order valence-electron chi connectivity index (χ2n) is 5.64. The van der Waals surface area contributed by atoms with Crippen molar-refractivity contribution in [3.8, 4) is 0 Å². The van der Waals surface area contributed by atoms with E-state index in [1.54, 1.807) is 0 Å². The van der Waals surface area contributed by atoms with E-state index in [1.165, 1.54) is 27.3 Å². The van der Waals surface area contributed by atoms with Gasteiger partial charge in [-0.1, -0.05) is 66.7 Å². The van der Waals surface area contributed by atoms with Crippen LogP contribution in [0.2, 0.25) is 6.04 Å². The standard InChI is InChI=1S/C19H17NSi/c1-3-8-16(9-4-1)21(17-10-5-2-6-11-17)15-13-18-19(21)12-7-14-20-18/h1-12,14H,13,15H2. The van der Waals surface area contributed by atoms with Crippen LogP contribution in [0.15, 0.2) is 79.0 Å². The summed E-state index contributed by atoms with van der Waals surface area (Å²) in [6.07, 6.45) is 3.03. The summed E-state index contributed by atoms with van der Waals surface area (Å²) in [5.41, 5.74) is 1.30. The van der Waals surface area contributed by atoms with Gasteiger partial charge in [-0.2, -0.15) is 0 Å². The van der Waals surface area contributed by atoms with E-state index in [9.17, 15) is 0 Å². The summed E-state index contributed by atoms with van der Waals surface area (Å²) < 4.78 is 0. The van der Waals surface area contributed by atoms with Crippen LogP contribution < -0.4 is 15.6 Å². The van der Waals surface area contributed by atoms with Gasteiger partial charge in [0.05, 0.1) is 0 Å².